The fraction of sp³-hybridized carbons (Fsp3) is 0.727. The van der Waals surface area contributed by atoms with Crippen molar-refractivity contribution in [2.24, 2.45) is 11.3 Å². The van der Waals surface area contributed by atoms with Crippen LogP contribution in [-0.4, -0.2) is 5.78 Å². The van der Waals surface area contributed by atoms with Gasteiger partial charge in [-0.3, -0.25) is 4.79 Å². The molecule has 1 saturated carbocycles. The highest BCUT2D eigenvalue weighted by molar-refractivity contribution is 5.81. The van der Waals surface area contributed by atoms with E-state index >= 15 is 0 Å². The number of carbonyl (C=O) groups excluding carboxylic acids is 1. The van der Waals surface area contributed by atoms with E-state index in [2.05, 4.69) is 20.4 Å². The molecule has 1 aliphatic rings. The first-order chi connectivity index (χ1) is 5.58. The zero-order valence-corrected chi connectivity index (χ0v) is 8.10. The van der Waals surface area contributed by atoms with Crippen molar-refractivity contribution in [3.05, 3.63) is 12.7 Å². The van der Waals surface area contributed by atoms with Crippen molar-refractivity contribution in [3.8, 4) is 0 Å². The molecule has 1 heteroatoms. The quantitative estimate of drug-likeness (QED) is 0.589. The van der Waals surface area contributed by atoms with Gasteiger partial charge in [0, 0.05) is 12.8 Å². The second-order valence-electron chi connectivity index (χ2n) is 4.30. The molecule has 12 heavy (non-hydrogen) atoms. The van der Waals surface area contributed by atoms with Gasteiger partial charge in [-0.1, -0.05) is 19.9 Å². The molecule has 0 saturated heterocycles. The van der Waals surface area contributed by atoms with Gasteiger partial charge in [-0.15, -0.1) is 6.58 Å². The standard InChI is InChI=1S/C11H18O/c1-4-5-6-11(3)8-10(12)7-9(11)2/h4,9H,1,5-8H2,2-3H3/t9-,11-/m0/s1. The molecular weight excluding hydrogens is 148 g/mol. The zero-order chi connectivity index (χ0) is 9.19. The van der Waals surface area contributed by atoms with E-state index in [1.165, 1.54) is 0 Å². The Morgan fingerprint density at radius 1 is 1.75 bits per heavy atom. The number of hydrogen-bond acceptors (Lipinski definition) is 1. The third-order valence-electron chi connectivity index (χ3n) is 3.24. The average Bonchev–Trinajstić information content (AvgIpc) is 2.23. The Morgan fingerprint density at radius 2 is 2.42 bits per heavy atom. The highest BCUT2D eigenvalue weighted by Crippen LogP contribution is 2.44. The number of allylic oxidation sites excluding steroid dienone is 1. The summed E-state index contributed by atoms with van der Waals surface area (Å²) >= 11 is 0. The van der Waals surface area contributed by atoms with Crippen LogP contribution in [0.5, 0.6) is 0 Å². The van der Waals surface area contributed by atoms with Gasteiger partial charge in [-0.2, -0.15) is 0 Å². The Balaban J connectivity index is 2.57. The second kappa shape index (κ2) is 3.42. The van der Waals surface area contributed by atoms with E-state index in [-0.39, 0.29) is 5.41 Å². The van der Waals surface area contributed by atoms with E-state index < -0.39 is 0 Å². The molecule has 68 valence electrons. The summed E-state index contributed by atoms with van der Waals surface area (Å²) in [5.41, 5.74) is 0.255. The molecule has 0 amide bonds. The molecular formula is C11H18O. The number of Topliss-reactive ketones (excluding diaryl/α,β-unsaturated/α-hetero) is 1. The summed E-state index contributed by atoms with van der Waals surface area (Å²) in [6.45, 7) is 8.13. The summed E-state index contributed by atoms with van der Waals surface area (Å²) in [5, 5.41) is 0. The summed E-state index contributed by atoms with van der Waals surface area (Å²) in [4.78, 5) is 11.2. The molecule has 0 radical (unpaired) electrons. The summed E-state index contributed by atoms with van der Waals surface area (Å²) in [6, 6.07) is 0. The molecule has 0 N–H and O–H groups in total. The van der Waals surface area contributed by atoms with Gasteiger partial charge in [-0.25, -0.2) is 0 Å². The number of ketones is 1. The van der Waals surface area contributed by atoms with Crippen LogP contribution in [0.4, 0.5) is 0 Å². The molecule has 1 fully saturated rings. The van der Waals surface area contributed by atoms with Crippen molar-refractivity contribution in [3.63, 3.8) is 0 Å². The third kappa shape index (κ3) is 1.77. The lowest BCUT2D eigenvalue weighted by Crippen LogP contribution is -2.18. The maximum absolute atomic E-state index is 11.2. The molecule has 0 spiro atoms. The molecule has 1 rings (SSSR count). The van der Waals surface area contributed by atoms with Gasteiger partial charge in [0.25, 0.3) is 0 Å². The number of rotatable bonds is 3. The summed E-state index contributed by atoms with van der Waals surface area (Å²) in [6.07, 6.45) is 5.66. The van der Waals surface area contributed by atoms with E-state index in [1.54, 1.807) is 0 Å². The van der Waals surface area contributed by atoms with Crippen LogP contribution in [0, 0.1) is 11.3 Å². The summed E-state index contributed by atoms with van der Waals surface area (Å²) < 4.78 is 0. The largest absolute Gasteiger partial charge is 0.300 e. The second-order valence-corrected chi connectivity index (χ2v) is 4.30. The van der Waals surface area contributed by atoms with Crippen molar-refractivity contribution in [1.82, 2.24) is 0 Å². The van der Waals surface area contributed by atoms with Crippen molar-refractivity contribution in [2.45, 2.75) is 39.5 Å². The Hall–Kier alpha value is -0.590. The lowest BCUT2D eigenvalue weighted by Gasteiger charge is -2.27. The topological polar surface area (TPSA) is 17.1 Å². The zero-order valence-electron chi connectivity index (χ0n) is 8.10. The van der Waals surface area contributed by atoms with E-state index in [0.717, 1.165) is 25.7 Å². The lowest BCUT2D eigenvalue weighted by molar-refractivity contribution is -0.118. The molecule has 0 bridgehead atoms. The first-order valence-electron chi connectivity index (χ1n) is 4.71. The fourth-order valence-corrected chi connectivity index (χ4v) is 2.05. The Kier molecular flexibility index (Phi) is 2.71. The molecule has 1 aliphatic carbocycles. The van der Waals surface area contributed by atoms with Crippen LogP contribution >= 0.6 is 0 Å². The summed E-state index contributed by atoms with van der Waals surface area (Å²) in [7, 11) is 0. The van der Waals surface area contributed by atoms with Crippen LogP contribution in [0.3, 0.4) is 0 Å². The maximum Gasteiger partial charge on any atom is 0.133 e. The van der Waals surface area contributed by atoms with Crippen LogP contribution in [0.2, 0.25) is 0 Å². The fourth-order valence-electron chi connectivity index (χ4n) is 2.05. The van der Waals surface area contributed by atoms with Crippen molar-refractivity contribution < 1.29 is 4.79 Å². The maximum atomic E-state index is 11.2. The van der Waals surface area contributed by atoms with Crippen molar-refractivity contribution >= 4 is 5.78 Å². The SMILES string of the molecule is C=CCC[C@@]1(C)CC(=O)C[C@@H]1C. The van der Waals surface area contributed by atoms with Gasteiger partial charge in [0.2, 0.25) is 0 Å². The minimum Gasteiger partial charge on any atom is -0.300 e. The average molecular weight is 166 g/mol. The van der Waals surface area contributed by atoms with E-state index in [0.29, 0.717) is 11.7 Å². The Morgan fingerprint density at radius 3 is 2.83 bits per heavy atom. The first-order valence-corrected chi connectivity index (χ1v) is 4.71. The van der Waals surface area contributed by atoms with E-state index in [4.69, 9.17) is 0 Å². The molecule has 0 aromatic carbocycles. The van der Waals surface area contributed by atoms with E-state index in [9.17, 15) is 4.79 Å². The van der Waals surface area contributed by atoms with Crippen LogP contribution < -0.4 is 0 Å². The van der Waals surface area contributed by atoms with Gasteiger partial charge in [0.05, 0.1) is 0 Å². The number of hydrogen-bond donors (Lipinski definition) is 0. The first kappa shape index (κ1) is 9.50. The van der Waals surface area contributed by atoms with Crippen LogP contribution in [-0.2, 0) is 4.79 Å². The molecule has 0 unspecified atom stereocenters. The van der Waals surface area contributed by atoms with Gasteiger partial charge >= 0.3 is 0 Å². The predicted molar refractivity (Wildman–Crippen MR) is 50.9 cm³/mol. The van der Waals surface area contributed by atoms with Gasteiger partial charge in [-0.05, 0) is 24.2 Å². The molecule has 0 heterocycles. The van der Waals surface area contributed by atoms with Crippen molar-refractivity contribution in [1.29, 1.82) is 0 Å². The minimum atomic E-state index is 0.255. The minimum absolute atomic E-state index is 0.255. The van der Waals surface area contributed by atoms with Gasteiger partial charge in [0.1, 0.15) is 5.78 Å². The lowest BCUT2D eigenvalue weighted by atomic mass is 9.77. The van der Waals surface area contributed by atoms with Crippen LogP contribution in [0.1, 0.15) is 39.5 Å². The smallest absolute Gasteiger partial charge is 0.133 e. The highest BCUT2D eigenvalue weighted by atomic mass is 16.1. The van der Waals surface area contributed by atoms with Gasteiger partial charge < -0.3 is 0 Å². The monoisotopic (exact) mass is 166 g/mol. The van der Waals surface area contributed by atoms with Gasteiger partial charge in [0.15, 0.2) is 0 Å². The highest BCUT2D eigenvalue weighted by Gasteiger charge is 2.39. The molecule has 2 atom stereocenters. The molecule has 0 aromatic rings. The Labute approximate surface area is 74.9 Å². The number of carbonyl (C=O) groups is 1. The van der Waals surface area contributed by atoms with Crippen LogP contribution in [0.25, 0.3) is 0 Å². The van der Waals surface area contributed by atoms with E-state index in [1.807, 2.05) is 6.08 Å². The van der Waals surface area contributed by atoms with Crippen molar-refractivity contribution in [2.75, 3.05) is 0 Å². The summed E-state index contributed by atoms with van der Waals surface area (Å²) in [5.74, 6) is 0.999. The Bertz CT molecular complexity index is 195. The third-order valence-corrected chi connectivity index (χ3v) is 3.24. The molecule has 0 aromatic heterocycles. The van der Waals surface area contributed by atoms with Crippen LogP contribution in [0.15, 0.2) is 12.7 Å². The normalized spacial score (nSPS) is 35.5. The predicted octanol–water partition coefficient (Wildman–Crippen LogP) is 2.96. The molecule has 0 aliphatic heterocycles. The molecule has 1 nitrogen and oxygen atoms in total.